The molecule has 0 heterocycles. The fourth-order valence-corrected chi connectivity index (χ4v) is 5.57. The quantitative estimate of drug-likeness (QED) is 0.611. The SMILES string of the molecule is CCC(C)c1ccc2cc3c(cc2c1)CCC1(CC2C=CC1C2)C3=O. The molecule has 0 radical (unpaired) electrons. The molecule has 128 valence electrons. The van der Waals surface area contributed by atoms with Gasteiger partial charge in [0, 0.05) is 11.0 Å². The van der Waals surface area contributed by atoms with Crippen LogP contribution in [-0.2, 0) is 6.42 Å². The zero-order chi connectivity index (χ0) is 17.2. The molecule has 0 amide bonds. The first-order valence-electron chi connectivity index (χ1n) is 9.90. The monoisotopic (exact) mass is 330 g/mol. The Labute approximate surface area is 150 Å². The minimum Gasteiger partial charge on any atom is -0.294 e. The maximum atomic E-state index is 13.5. The van der Waals surface area contributed by atoms with Crippen LogP contribution in [0.1, 0.15) is 66.9 Å². The van der Waals surface area contributed by atoms with E-state index in [1.54, 1.807) is 0 Å². The molecule has 0 N–H and O–H groups in total. The summed E-state index contributed by atoms with van der Waals surface area (Å²) in [5, 5.41) is 2.52. The molecule has 1 spiro atoms. The van der Waals surface area contributed by atoms with Crippen LogP contribution in [-0.4, -0.2) is 5.78 Å². The topological polar surface area (TPSA) is 17.1 Å². The van der Waals surface area contributed by atoms with Crippen LogP contribution < -0.4 is 0 Å². The number of fused-ring (bicyclic) bond motifs is 5. The number of hydrogen-bond donors (Lipinski definition) is 0. The minimum atomic E-state index is -0.0865. The molecule has 0 aliphatic heterocycles. The standard InChI is InChI=1S/C24H26O/c1-3-15(2)17-5-6-18-13-22-19(12-20(18)11-17)8-9-24(23(22)25)14-16-4-7-21(24)10-16/h4-7,11-13,15-16,21H,3,8-10,14H2,1-2H3. The summed E-state index contributed by atoms with van der Waals surface area (Å²) in [6.45, 7) is 4.53. The van der Waals surface area contributed by atoms with E-state index in [4.69, 9.17) is 0 Å². The van der Waals surface area contributed by atoms with Gasteiger partial charge in [0.25, 0.3) is 0 Å². The summed E-state index contributed by atoms with van der Waals surface area (Å²) in [6.07, 6.45) is 10.2. The summed E-state index contributed by atoms with van der Waals surface area (Å²) in [7, 11) is 0. The number of allylic oxidation sites excluding steroid dienone is 2. The maximum Gasteiger partial charge on any atom is 0.169 e. The van der Waals surface area contributed by atoms with Crippen LogP contribution in [0.3, 0.4) is 0 Å². The first kappa shape index (κ1) is 15.4. The van der Waals surface area contributed by atoms with E-state index < -0.39 is 0 Å². The number of benzene rings is 2. The molecular weight excluding hydrogens is 304 g/mol. The van der Waals surface area contributed by atoms with Crippen LogP contribution in [0.25, 0.3) is 10.8 Å². The van der Waals surface area contributed by atoms with E-state index in [2.05, 4.69) is 56.3 Å². The van der Waals surface area contributed by atoms with Crippen LogP contribution in [0, 0.1) is 17.3 Å². The lowest BCUT2D eigenvalue weighted by Gasteiger charge is -2.38. The van der Waals surface area contributed by atoms with Gasteiger partial charge >= 0.3 is 0 Å². The van der Waals surface area contributed by atoms with E-state index in [1.165, 1.54) is 28.3 Å². The molecule has 25 heavy (non-hydrogen) atoms. The van der Waals surface area contributed by atoms with Crippen molar-refractivity contribution in [1.82, 2.24) is 0 Å². The Morgan fingerprint density at radius 2 is 2.04 bits per heavy atom. The van der Waals surface area contributed by atoms with E-state index in [0.29, 0.717) is 23.5 Å². The third-order valence-electron chi connectivity index (χ3n) is 7.31. The molecule has 0 aromatic heterocycles. The van der Waals surface area contributed by atoms with Gasteiger partial charge in [0.15, 0.2) is 5.78 Å². The van der Waals surface area contributed by atoms with Crippen molar-refractivity contribution in [1.29, 1.82) is 0 Å². The third kappa shape index (κ3) is 2.11. The van der Waals surface area contributed by atoms with Crippen molar-refractivity contribution in [2.45, 2.75) is 51.9 Å². The second-order valence-electron chi connectivity index (χ2n) is 8.60. The zero-order valence-electron chi connectivity index (χ0n) is 15.2. The van der Waals surface area contributed by atoms with Crippen molar-refractivity contribution >= 4 is 16.6 Å². The molecule has 2 bridgehead atoms. The van der Waals surface area contributed by atoms with Crippen LogP contribution in [0.5, 0.6) is 0 Å². The van der Waals surface area contributed by atoms with Gasteiger partial charge in [0.05, 0.1) is 0 Å². The first-order valence-corrected chi connectivity index (χ1v) is 9.90. The molecule has 5 rings (SSSR count). The van der Waals surface area contributed by atoms with Gasteiger partial charge in [0.2, 0.25) is 0 Å². The molecule has 1 heteroatoms. The van der Waals surface area contributed by atoms with Crippen LogP contribution in [0.4, 0.5) is 0 Å². The predicted octanol–water partition coefficient (Wildman–Crippen LogP) is 6.06. The fraction of sp³-hybridized carbons (Fsp3) is 0.458. The number of rotatable bonds is 2. The van der Waals surface area contributed by atoms with E-state index in [-0.39, 0.29) is 5.41 Å². The maximum absolute atomic E-state index is 13.5. The Balaban J connectivity index is 1.59. The molecular formula is C24H26O. The molecule has 2 aromatic carbocycles. The van der Waals surface area contributed by atoms with Crippen molar-refractivity contribution in [3.05, 3.63) is 59.2 Å². The molecule has 3 aliphatic rings. The molecule has 0 saturated heterocycles. The predicted molar refractivity (Wildman–Crippen MR) is 103 cm³/mol. The van der Waals surface area contributed by atoms with Gasteiger partial charge in [-0.2, -0.15) is 0 Å². The third-order valence-corrected chi connectivity index (χ3v) is 7.31. The lowest BCUT2D eigenvalue weighted by atomic mass is 9.63. The Morgan fingerprint density at radius 3 is 2.76 bits per heavy atom. The smallest absolute Gasteiger partial charge is 0.169 e. The largest absolute Gasteiger partial charge is 0.294 e. The molecule has 4 unspecified atom stereocenters. The summed E-state index contributed by atoms with van der Waals surface area (Å²) in [5.74, 6) is 2.15. The van der Waals surface area contributed by atoms with Crippen molar-refractivity contribution in [2.24, 2.45) is 17.3 Å². The van der Waals surface area contributed by atoms with E-state index in [9.17, 15) is 4.79 Å². The normalized spacial score (nSPS) is 31.0. The van der Waals surface area contributed by atoms with Crippen LogP contribution >= 0.6 is 0 Å². The Morgan fingerprint density at radius 1 is 1.16 bits per heavy atom. The van der Waals surface area contributed by atoms with Crippen LogP contribution in [0.15, 0.2) is 42.5 Å². The lowest BCUT2D eigenvalue weighted by Crippen LogP contribution is -2.39. The van der Waals surface area contributed by atoms with E-state index >= 15 is 0 Å². The number of aryl methyl sites for hydroxylation is 1. The van der Waals surface area contributed by atoms with Gasteiger partial charge in [-0.1, -0.05) is 50.3 Å². The average molecular weight is 330 g/mol. The highest BCUT2D eigenvalue weighted by Gasteiger charge is 2.54. The zero-order valence-corrected chi connectivity index (χ0v) is 15.2. The Hall–Kier alpha value is -1.89. The molecule has 1 nitrogen and oxygen atoms in total. The molecule has 3 aliphatic carbocycles. The molecule has 4 atom stereocenters. The van der Waals surface area contributed by atoms with Gasteiger partial charge < -0.3 is 0 Å². The van der Waals surface area contributed by atoms with Gasteiger partial charge in [-0.15, -0.1) is 0 Å². The highest BCUT2D eigenvalue weighted by Crippen LogP contribution is 2.57. The number of carbonyl (C=O) groups is 1. The molecule has 2 aromatic rings. The Bertz CT molecular complexity index is 906. The second-order valence-corrected chi connectivity index (χ2v) is 8.60. The number of Topliss-reactive ketones (excluding diaryl/α,β-unsaturated/α-hetero) is 1. The summed E-state index contributed by atoms with van der Waals surface area (Å²) >= 11 is 0. The van der Waals surface area contributed by atoms with Crippen molar-refractivity contribution in [2.75, 3.05) is 0 Å². The highest BCUT2D eigenvalue weighted by atomic mass is 16.1. The fourth-order valence-electron chi connectivity index (χ4n) is 5.57. The highest BCUT2D eigenvalue weighted by molar-refractivity contribution is 6.06. The summed E-state index contributed by atoms with van der Waals surface area (Å²) < 4.78 is 0. The number of carbonyl (C=O) groups excluding carboxylic acids is 1. The van der Waals surface area contributed by atoms with Gasteiger partial charge in [-0.05, 0) is 77.8 Å². The van der Waals surface area contributed by atoms with E-state index in [0.717, 1.165) is 31.2 Å². The number of ketones is 1. The first-order chi connectivity index (χ1) is 12.1. The van der Waals surface area contributed by atoms with Gasteiger partial charge in [0.1, 0.15) is 0 Å². The van der Waals surface area contributed by atoms with Gasteiger partial charge in [-0.3, -0.25) is 4.79 Å². The number of hydrogen-bond acceptors (Lipinski definition) is 1. The van der Waals surface area contributed by atoms with E-state index in [1.807, 2.05) is 0 Å². The molecule has 1 fully saturated rings. The lowest BCUT2D eigenvalue weighted by molar-refractivity contribution is 0.0703. The Kier molecular flexibility index (Phi) is 3.26. The van der Waals surface area contributed by atoms with Crippen LogP contribution in [0.2, 0.25) is 0 Å². The van der Waals surface area contributed by atoms with Gasteiger partial charge in [-0.25, -0.2) is 0 Å². The molecule has 1 saturated carbocycles. The summed E-state index contributed by atoms with van der Waals surface area (Å²) in [5.41, 5.74) is 3.61. The van der Waals surface area contributed by atoms with Crippen molar-refractivity contribution in [3.63, 3.8) is 0 Å². The van der Waals surface area contributed by atoms with Crippen molar-refractivity contribution < 1.29 is 4.79 Å². The minimum absolute atomic E-state index is 0.0865. The average Bonchev–Trinajstić information content (AvgIpc) is 3.24. The summed E-state index contributed by atoms with van der Waals surface area (Å²) in [6, 6.07) is 11.3. The van der Waals surface area contributed by atoms with Crippen molar-refractivity contribution in [3.8, 4) is 0 Å². The second kappa shape index (κ2) is 5.30. The summed E-state index contributed by atoms with van der Waals surface area (Å²) in [4.78, 5) is 13.5.